The van der Waals surface area contributed by atoms with Gasteiger partial charge in [0.15, 0.2) is 5.96 Å². The van der Waals surface area contributed by atoms with Gasteiger partial charge in [-0.3, -0.25) is 14.8 Å². The molecule has 1 aromatic heterocycles. The predicted molar refractivity (Wildman–Crippen MR) is 110 cm³/mol. The highest BCUT2D eigenvalue weighted by Crippen LogP contribution is 2.11. The van der Waals surface area contributed by atoms with Gasteiger partial charge in [-0.1, -0.05) is 26.8 Å². The van der Waals surface area contributed by atoms with E-state index in [2.05, 4.69) is 25.9 Å². The molecule has 0 radical (unpaired) electrons. The first-order chi connectivity index (χ1) is 10.9. The van der Waals surface area contributed by atoms with Gasteiger partial charge in [-0.15, -0.1) is 24.0 Å². The summed E-state index contributed by atoms with van der Waals surface area (Å²) >= 11 is 0. The van der Waals surface area contributed by atoms with E-state index in [4.69, 9.17) is 0 Å². The minimum atomic E-state index is -0.360. The molecule has 0 spiro atoms. The second kappa shape index (κ2) is 12.0. The lowest BCUT2D eigenvalue weighted by Crippen LogP contribution is -2.43. The Bertz CT molecular complexity index is 499. The fourth-order valence-corrected chi connectivity index (χ4v) is 1.79. The number of hydrogen-bond donors (Lipinski definition) is 3. The van der Waals surface area contributed by atoms with E-state index < -0.39 is 0 Å². The fraction of sp³-hybridized carbons (Fsp3) is 0.588. The molecule has 0 atom stereocenters. The van der Waals surface area contributed by atoms with Gasteiger partial charge < -0.3 is 16.0 Å². The lowest BCUT2D eigenvalue weighted by atomic mass is 9.96. The Morgan fingerprint density at radius 2 is 1.88 bits per heavy atom. The normalized spacial score (nSPS) is 11.4. The zero-order valence-electron chi connectivity index (χ0n) is 15.1. The van der Waals surface area contributed by atoms with Gasteiger partial charge in [0.25, 0.3) is 0 Å². The van der Waals surface area contributed by atoms with Gasteiger partial charge in [-0.2, -0.15) is 0 Å². The number of aromatic nitrogens is 1. The molecule has 0 saturated carbocycles. The summed E-state index contributed by atoms with van der Waals surface area (Å²) in [6, 6.07) is 5.88. The number of hydrogen-bond acceptors (Lipinski definition) is 3. The van der Waals surface area contributed by atoms with E-state index in [1.807, 2.05) is 45.9 Å². The van der Waals surface area contributed by atoms with Crippen LogP contribution < -0.4 is 16.0 Å². The number of aliphatic imine (C=N–C) groups is 1. The maximum atomic E-state index is 11.8. The van der Waals surface area contributed by atoms with Gasteiger partial charge in [0, 0.05) is 49.9 Å². The quantitative estimate of drug-likeness (QED) is 0.259. The van der Waals surface area contributed by atoms with Crippen LogP contribution in [0.3, 0.4) is 0 Å². The minimum absolute atomic E-state index is 0. The summed E-state index contributed by atoms with van der Waals surface area (Å²) in [5.74, 6) is 0.810. The summed E-state index contributed by atoms with van der Waals surface area (Å²) in [5.41, 5.74) is 0.672. The number of nitrogens with one attached hydrogen (secondary N) is 3. The molecule has 0 bridgehead atoms. The molecule has 0 unspecified atom stereocenters. The van der Waals surface area contributed by atoms with Crippen LogP contribution in [0, 0.1) is 5.41 Å². The van der Waals surface area contributed by atoms with Crippen LogP contribution in [-0.4, -0.2) is 43.0 Å². The number of halogens is 1. The van der Waals surface area contributed by atoms with Crippen LogP contribution in [0.2, 0.25) is 0 Å². The van der Waals surface area contributed by atoms with Crippen molar-refractivity contribution in [2.45, 2.75) is 34.1 Å². The third kappa shape index (κ3) is 9.69. The average molecular weight is 447 g/mol. The van der Waals surface area contributed by atoms with Gasteiger partial charge in [-0.25, -0.2) is 0 Å². The van der Waals surface area contributed by atoms with E-state index in [9.17, 15) is 4.79 Å². The Morgan fingerprint density at radius 1 is 1.17 bits per heavy atom. The smallest absolute Gasteiger partial charge is 0.225 e. The molecule has 136 valence electrons. The molecule has 0 aliphatic rings. The monoisotopic (exact) mass is 447 g/mol. The highest BCUT2D eigenvalue weighted by Gasteiger charge is 2.20. The molecule has 0 aliphatic heterocycles. The zero-order chi connectivity index (χ0) is 17.1. The van der Waals surface area contributed by atoms with Crippen molar-refractivity contribution in [1.82, 2.24) is 20.9 Å². The van der Waals surface area contributed by atoms with Crippen molar-refractivity contribution < 1.29 is 4.79 Å². The predicted octanol–water partition coefficient (Wildman–Crippen LogP) is 1.96. The molecular weight excluding hydrogens is 417 g/mol. The van der Waals surface area contributed by atoms with E-state index >= 15 is 0 Å². The third-order valence-corrected chi connectivity index (χ3v) is 3.09. The number of carbonyl (C=O) groups excluding carboxylic acids is 1. The first-order valence-corrected chi connectivity index (χ1v) is 8.14. The molecular formula is C17H30IN5O. The molecule has 6 nitrogen and oxygen atoms in total. The summed E-state index contributed by atoms with van der Waals surface area (Å²) in [6.45, 7) is 10.4. The second-order valence-electron chi connectivity index (χ2n) is 6.26. The van der Waals surface area contributed by atoms with Crippen LogP contribution in [-0.2, 0) is 11.2 Å². The number of carbonyl (C=O) groups is 1. The molecule has 7 heteroatoms. The molecule has 1 amide bonds. The summed E-state index contributed by atoms with van der Waals surface area (Å²) in [4.78, 5) is 20.6. The average Bonchev–Trinajstić information content (AvgIpc) is 2.51. The number of pyridine rings is 1. The highest BCUT2D eigenvalue weighted by molar-refractivity contribution is 14.0. The van der Waals surface area contributed by atoms with Gasteiger partial charge in [0.1, 0.15) is 0 Å². The Balaban J connectivity index is 0.00000529. The van der Waals surface area contributed by atoms with E-state index in [0.29, 0.717) is 19.6 Å². The molecule has 0 aliphatic carbocycles. The number of guanidine groups is 1. The first kappa shape index (κ1) is 22.6. The van der Waals surface area contributed by atoms with Crippen LogP contribution >= 0.6 is 24.0 Å². The number of amides is 1. The molecule has 0 aromatic carbocycles. The number of rotatable bonds is 7. The summed E-state index contributed by atoms with van der Waals surface area (Å²) in [5, 5.41) is 9.32. The molecule has 24 heavy (non-hydrogen) atoms. The minimum Gasteiger partial charge on any atom is -0.357 e. The first-order valence-electron chi connectivity index (χ1n) is 8.14. The SMILES string of the molecule is CCNC(=NCCc1ccccn1)NCCNC(=O)C(C)(C)C.I. The standard InChI is InChI=1S/C17H29N5O.HI/c1-5-18-16(21-11-9-14-8-6-7-10-19-14)22-13-12-20-15(23)17(2,3)4;/h6-8,10H,5,9,11-13H2,1-4H3,(H,20,23)(H2,18,21,22);1H. The lowest BCUT2D eigenvalue weighted by molar-refractivity contribution is -0.128. The molecule has 1 aromatic rings. The molecule has 0 fully saturated rings. The lowest BCUT2D eigenvalue weighted by Gasteiger charge is -2.18. The Morgan fingerprint density at radius 3 is 2.46 bits per heavy atom. The topological polar surface area (TPSA) is 78.4 Å². The van der Waals surface area contributed by atoms with Crippen LogP contribution in [0.5, 0.6) is 0 Å². The van der Waals surface area contributed by atoms with Crippen molar-refractivity contribution in [2.24, 2.45) is 10.4 Å². The molecule has 0 saturated heterocycles. The van der Waals surface area contributed by atoms with Crippen molar-refractivity contribution in [3.8, 4) is 0 Å². The summed E-state index contributed by atoms with van der Waals surface area (Å²) in [6.07, 6.45) is 2.60. The maximum Gasteiger partial charge on any atom is 0.225 e. The third-order valence-electron chi connectivity index (χ3n) is 3.09. The van der Waals surface area contributed by atoms with E-state index in [-0.39, 0.29) is 35.3 Å². The molecule has 1 rings (SSSR count). The summed E-state index contributed by atoms with van der Waals surface area (Å²) in [7, 11) is 0. The van der Waals surface area contributed by atoms with Crippen molar-refractivity contribution in [3.63, 3.8) is 0 Å². The maximum absolute atomic E-state index is 11.8. The van der Waals surface area contributed by atoms with Gasteiger partial charge in [0.2, 0.25) is 5.91 Å². The largest absolute Gasteiger partial charge is 0.357 e. The van der Waals surface area contributed by atoms with Crippen LogP contribution in [0.1, 0.15) is 33.4 Å². The van der Waals surface area contributed by atoms with E-state index in [1.54, 1.807) is 6.20 Å². The molecule has 1 heterocycles. The van der Waals surface area contributed by atoms with E-state index in [1.165, 1.54) is 0 Å². The Kier molecular flexibility index (Phi) is 11.4. The highest BCUT2D eigenvalue weighted by atomic mass is 127. The molecule has 3 N–H and O–H groups in total. The van der Waals surface area contributed by atoms with Gasteiger partial charge in [0.05, 0.1) is 0 Å². The zero-order valence-corrected chi connectivity index (χ0v) is 17.4. The van der Waals surface area contributed by atoms with Crippen molar-refractivity contribution >= 4 is 35.8 Å². The Hall–Kier alpha value is -1.38. The van der Waals surface area contributed by atoms with Crippen LogP contribution in [0.4, 0.5) is 0 Å². The van der Waals surface area contributed by atoms with Crippen molar-refractivity contribution in [3.05, 3.63) is 30.1 Å². The van der Waals surface area contributed by atoms with Crippen LogP contribution in [0.25, 0.3) is 0 Å². The van der Waals surface area contributed by atoms with Crippen molar-refractivity contribution in [2.75, 3.05) is 26.2 Å². The van der Waals surface area contributed by atoms with Crippen LogP contribution in [0.15, 0.2) is 29.4 Å². The number of nitrogens with zero attached hydrogens (tertiary/aromatic N) is 2. The fourth-order valence-electron chi connectivity index (χ4n) is 1.79. The van der Waals surface area contributed by atoms with Gasteiger partial charge in [-0.05, 0) is 19.1 Å². The van der Waals surface area contributed by atoms with E-state index in [0.717, 1.165) is 24.6 Å². The second-order valence-corrected chi connectivity index (χ2v) is 6.26. The van der Waals surface area contributed by atoms with Crippen molar-refractivity contribution in [1.29, 1.82) is 0 Å². The van der Waals surface area contributed by atoms with Gasteiger partial charge >= 0.3 is 0 Å². The summed E-state index contributed by atoms with van der Waals surface area (Å²) < 4.78 is 0. The Labute approximate surface area is 162 Å².